The zero-order valence-electron chi connectivity index (χ0n) is 22.6. The average Bonchev–Trinajstić information content (AvgIpc) is 3.19. The fourth-order valence-corrected chi connectivity index (χ4v) is 5.50. The third-order valence-corrected chi connectivity index (χ3v) is 7.61. The molecule has 1 aliphatic rings. The monoisotopic (exact) mass is 532 g/mol. The lowest BCUT2D eigenvalue weighted by Gasteiger charge is -2.20. The molecule has 4 rings (SSSR count). The van der Waals surface area contributed by atoms with Gasteiger partial charge in [0.25, 0.3) is 0 Å². The molecule has 0 bridgehead atoms. The van der Waals surface area contributed by atoms with E-state index in [2.05, 4.69) is 0 Å². The minimum atomic E-state index is -1.28. The Morgan fingerprint density at radius 2 is 1.59 bits per heavy atom. The van der Waals surface area contributed by atoms with E-state index in [1.807, 2.05) is 13.8 Å². The second-order valence-corrected chi connectivity index (χ2v) is 10.9. The van der Waals surface area contributed by atoms with Crippen molar-refractivity contribution in [3.8, 4) is 11.1 Å². The molecule has 2 aromatic carbocycles. The molecule has 0 spiro atoms. The van der Waals surface area contributed by atoms with Crippen molar-refractivity contribution in [2.24, 2.45) is 11.8 Å². The second kappa shape index (κ2) is 12.3. The van der Waals surface area contributed by atoms with Crippen molar-refractivity contribution in [1.82, 2.24) is 9.13 Å². The third-order valence-electron chi connectivity index (χ3n) is 7.61. The van der Waals surface area contributed by atoms with Gasteiger partial charge in [0.15, 0.2) is 5.69 Å². The summed E-state index contributed by atoms with van der Waals surface area (Å²) in [4.78, 5) is 51.0. The number of imidazole rings is 1. The molecule has 8 nitrogen and oxygen atoms in total. The molecule has 0 atom stereocenters. The van der Waals surface area contributed by atoms with Gasteiger partial charge in [0.05, 0.1) is 17.8 Å². The first-order chi connectivity index (χ1) is 18.7. The SMILES string of the molecule is CC(C)CCc1c(C(=O)O)n(C(=O)CC2CCCCC2)c(=O)n1Cc1ccc(-c2ccccc2C(=O)O)cc1. The summed E-state index contributed by atoms with van der Waals surface area (Å²) in [7, 11) is 0. The first-order valence-corrected chi connectivity index (χ1v) is 13.7. The van der Waals surface area contributed by atoms with Gasteiger partial charge < -0.3 is 10.2 Å². The molecule has 1 heterocycles. The number of carboxylic acid groups (broad SMARTS) is 2. The molecule has 206 valence electrons. The molecule has 0 saturated heterocycles. The van der Waals surface area contributed by atoms with Gasteiger partial charge in [-0.25, -0.2) is 19.0 Å². The Labute approximate surface area is 227 Å². The number of rotatable bonds is 10. The van der Waals surface area contributed by atoms with Crippen molar-refractivity contribution >= 4 is 17.8 Å². The van der Waals surface area contributed by atoms with Crippen LogP contribution < -0.4 is 5.69 Å². The molecule has 1 aliphatic carbocycles. The number of aromatic carboxylic acids is 2. The normalized spacial score (nSPS) is 14.0. The van der Waals surface area contributed by atoms with E-state index in [0.717, 1.165) is 47.8 Å². The number of aromatic nitrogens is 2. The van der Waals surface area contributed by atoms with Gasteiger partial charge in [-0.1, -0.05) is 75.6 Å². The number of carbonyl (C=O) groups is 3. The summed E-state index contributed by atoms with van der Waals surface area (Å²) >= 11 is 0. The number of carbonyl (C=O) groups excluding carboxylic acids is 1. The van der Waals surface area contributed by atoms with Crippen molar-refractivity contribution in [1.29, 1.82) is 0 Å². The van der Waals surface area contributed by atoms with Gasteiger partial charge in [-0.2, -0.15) is 0 Å². The van der Waals surface area contributed by atoms with Gasteiger partial charge in [0, 0.05) is 6.42 Å². The first-order valence-electron chi connectivity index (χ1n) is 13.7. The van der Waals surface area contributed by atoms with Crippen LogP contribution in [-0.2, 0) is 13.0 Å². The van der Waals surface area contributed by atoms with Gasteiger partial charge in [0.1, 0.15) is 0 Å². The number of nitrogens with zero attached hydrogens (tertiary/aromatic N) is 2. The van der Waals surface area contributed by atoms with Gasteiger partial charge in [0.2, 0.25) is 5.91 Å². The molecule has 1 aromatic heterocycles. The van der Waals surface area contributed by atoms with E-state index >= 15 is 0 Å². The Morgan fingerprint density at radius 3 is 2.21 bits per heavy atom. The number of benzene rings is 2. The standard InChI is InChI=1S/C31H36N2O6/c1-20(2)12-17-26-28(30(37)38)33(27(34)18-21-8-4-3-5-9-21)31(39)32(26)19-22-13-15-23(16-14-22)24-10-6-7-11-25(24)29(35)36/h6-7,10-11,13-16,20-21H,3-5,8-9,12,17-19H2,1-2H3,(H,35,36)(H,37,38). The molecule has 3 aromatic rings. The predicted molar refractivity (Wildman–Crippen MR) is 149 cm³/mol. The molecular formula is C31H36N2O6. The topological polar surface area (TPSA) is 119 Å². The Morgan fingerprint density at radius 1 is 0.923 bits per heavy atom. The highest BCUT2D eigenvalue weighted by molar-refractivity contribution is 5.96. The molecule has 39 heavy (non-hydrogen) atoms. The maximum atomic E-state index is 13.6. The van der Waals surface area contributed by atoms with Crippen LogP contribution in [0.1, 0.15) is 95.7 Å². The number of carboxylic acids is 2. The van der Waals surface area contributed by atoms with Gasteiger partial charge in [-0.05, 0) is 60.3 Å². The van der Waals surface area contributed by atoms with E-state index in [0.29, 0.717) is 24.1 Å². The van der Waals surface area contributed by atoms with E-state index < -0.39 is 23.5 Å². The van der Waals surface area contributed by atoms with Crippen molar-refractivity contribution in [3.63, 3.8) is 0 Å². The first kappa shape index (κ1) is 28.1. The highest BCUT2D eigenvalue weighted by Crippen LogP contribution is 2.28. The summed E-state index contributed by atoms with van der Waals surface area (Å²) in [6.07, 6.45) is 6.28. The maximum absolute atomic E-state index is 13.6. The van der Waals surface area contributed by atoms with Gasteiger partial charge in [-0.15, -0.1) is 0 Å². The van der Waals surface area contributed by atoms with Crippen molar-refractivity contribution in [3.05, 3.63) is 81.5 Å². The van der Waals surface area contributed by atoms with E-state index in [1.54, 1.807) is 48.5 Å². The Bertz CT molecular complexity index is 1410. The maximum Gasteiger partial charge on any atom is 0.354 e. The number of hydrogen-bond donors (Lipinski definition) is 2. The second-order valence-electron chi connectivity index (χ2n) is 10.9. The fraction of sp³-hybridized carbons (Fsp3) is 0.419. The zero-order chi connectivity index (χ0) is 28.1. The van der Waals surface area contributed by atoms with Crippen LogP contribution in [0, 0.1) is 11.8 Å². The van der Waals surface area contributed by atoms with Gasteiger partial charge >= 0.3 is 17.6 Å². The zero-order valence-corrected chi connectivity index (χ0v) is 22.6. The van der Waals surface area contributed by atoms with Crippen molar-refractivity contribution in [2.45, 2.75) is 71.8 Å². The lowest BCUT2D eigenvalue weighted by molar-refractivity contribution is 0.0665. The minimum Gasteiger partial charge on any atom is -0.478 e. The van der Waals surface area contributed by atoms with Crippen LogP contribution in [0.2, 0.25) is 0 Å². The molecule has 1 saturated carbocycles. The fourth-order valence-electron chi connectivity index (χ4n) is 5.50. The van der Waals surface area contributed by atoms with Crippen LogP contribution in [-0.4, -0.2) is 37.2 Å². The highest BCUT2D eigenvalue weighted by atomic mass is 16.4. The Kier molecular flexibility index (Phi) is 8.84. The Hall–Kier alpha value is -3.94. The highest BCUT2D eigenvalue weighted by Gasteiger charge is 2.30. The van der Waals surface area contributed by atoms with Crippen molar-refractivity contribution < 1.29 is 24.6 Å². The van der Waals surface area contributed by atoms with E-state index in [9.17, 15) is 29.4 Å². The van der Waals surface area contributed by atoms with Crippen LogP contribution in [0.15, 0.2) is 53.3 Å². The van der Waals surface area contributed by atoms with Crippen LogP contribution in [0.25, 0.3) is 11.1 Å². The predicted octanol–water partition coefficient (Wildman–Crippen LogP) is 5.96. The largest absolute Gasteiger partial charge is 0.478 e. The molecule has 0 amide bonds. The number of hydrogen-bond acceptors (Lipinski definition) is 4. The summed E-state index contributed by atoms with van der Waals surface area (Å²) in [5.74, 6) is -2.29. The molecule has 8 heteroatoms. The quantitative estimate of drug-likeness (QED) is 0.333. The van der Waals surface area contributed by atoms with Crippen LogP contribution in [0.4, 0.5) is 0 Å². The molecular weight excluding hydrogens is 496 g/mol. The third kappa shape index (κ3) is 6.38. The summed E-state index contributed by atoms with van der Waals surface area (Å²) < 4.78 is 2.31. The smallest absolute Gasteiger partial charge is 0.354 e. The van der Waals surface area contributed by atoms with Crippen LogP contribution >= 0.6 is 0 Å². The summed E-state index contributed by atoms with van der Waals surface area (Å²) in [6, 6.07) is 13.9. The van der Waals surface area contributed by atoms with Crippen LogP contribution in [0.5, 0.6) is 0 Å². The minimum absolute atomic E-state index is 0.108. The molecule has 1 fully saturated rings. The van der Waals surface area contributed by atoms with Gasteiger partial charge in [-0.3, -0.25) is 9.36 Å². The molecule has 2 N–H and O–H groups in total. The lowest BCUT2D eigenvalue weighted by atomic mass is 9.87. The molecule has 0 aliphatic heterocycles. The lowest BCUT2D eigenvalue weighted by Crippen LogP contribution is -2.32. The van der Waals surface area contributed by atoms with E-state index in [4.69, 9.17) is 0 Å². The summed E-state index contributed by atoms with van der Waals surface area (Å²) in [6.45, 7) is 4.17. The summed E-state index contributed by atoms with van der Waals surface area (Å²) in [5, 5.41) is 19.7. The molecule has 0 unspecified atom stereocenters. The van der Waals surface area contributed by atoms with Crippen LogP contribution in [0.3, 0.4) is 0 Å². The molecule has 0 radical (unpaired) electrons. The Balaban J connectivity index is 1.71. The van der Waals surface area contributed by atoms with Crippen molar-refractivity contribution in [2.75, 3.05) is 0 Å². The summed E-state index contributed by atoms with van der Waals surface area (Å²) in [5.41, 5.74) is 1.75. The van der Waals surface area contributed by atoms with E-state index in [-0.39, 0.29) is 36.1 Å². The van der Waals surface area contributed by atoms with E-state index in [1.165, 1.54) is 4.57 Å². The average molecular weight is 533 g/mol.